The average molecular weight is 444 g/mol. The minimum atomic E-state index is -0.620. The first-order valence-corrected chi connectivity index (χ1v) is 10.9. The quantitative estimate of drug-likeness (QED) is 0.598. The lowest BCUT2D eigenvalue weighted by molar-refractivity contribution is 0.0526. The monoisotopic (exact) mass is 444 g/mol. The van der Waals surface area contributed by atoms with Gasteiger partial charge in [-0.2, -0.15) is 0 Å². The second-order valence-corrected chi connectivity index (χ2v) is 7.92. The van der Waals surface area contributed by atoms with E-state index in [0.717, 1.165) is 5.56 Å². The topological polar surface area (TPSA) is 94.5 Å². The number of ether oxygens (including phenoxy) is 1. The standard InChI is InChI=1S/C26H24N2O5/c1-3-33-26(32)17-9-11-18(12-10-17)27-24(30)21-15-20-22(5-4-6-23(20)29)28(25(21)31)19-13-7-16(2)8-14-19/h7-15H,3-6H2,1-2H3,(H,27,30). The molecule has 0 spiro atoms. The van der Waals surface area contributed by atoms with Gasteiger partial charge >= 0.3 is 5.97 Å². The number of anilines is 1. The van der Waals surface area contributed by atoms with Crippen molar-refractivity contribution >= 4 is 23.3 Å². The van der Waals surface area contributed by atoms with Crippen LogP contribution in [0.1, 0.15) is 62.1 Å². The number of benzene rings is 2. The number of ketones is 1. The highest BCUT2D eigenvalue weighted by molar-refractivity contribution is 6.07. The van der Waals surface area contributed by atoms with Gasteiger partial charge in [-0.1, -0.05) is 17.7 Å². The molecule has 0 aliphatic heterocycles. The fraction of sp³-hybridized carbons (Fsp3) is 0.231. The van der Waals surface area contributed by atoms with Gasteiger partial charge in [-0.3, -0.25) is 19.0 Å². The molecule has 1 aliphatic rings. The number of aryl methyl sites for hydroxylation is 1. The van der Waals surface area contributed by atoms with Crippen molar-refractivity contribution in [1.29, 1.82) is 0 Å². The Kier molecular flexibility index (Phi) is 6.22. The van der Waals surface area contributed by atoms with Crippen molar-refractivity contribution < 1.29 is 19.1 Å². The number of nitrogens with one attached hydrogen (secondary N) is 1. The van der Waals surface area contributed by atoms with Crippen molar-refractivity contribution in [3.63, 3.8) is 0 Å². The number of pyridine rings is 1. The lowest BCUT2D eigenvalue weighted by Gasteiger charge is -2.21. The fourth-order valence-electron chi connectivity index (χ4n) is 3.92. The number of hydrogen-bond acceptors (Lipinski definition) is 5. The van der Waals surface area contributed by atoms with Gasteiger partial charge in [0.1, 0.15) is 5.56 Å². The molecule has 0 saturated heterocycles. The summed E-state index contributed by atoms with van der Waals surface area (Å²) in [5.74, 6) is -1.15. The predicted octanol–water partition coefficient (Wildman–Crippen LogP) is 4.09. The number of hydrogen-bond donors (Lipinski definition) is 1. The number of amides is 1. The lowest BCUT2D eigenvalue weighted by Crippen LogP contribution is -2.33. The third-order valence-corrected chi connectivity index (χ3v) is 5.61. The first-order valence-electron chi connectivity index (χ1n) is 10.9. The van der Waals surface area contributed by atoms with E-state index in [9.17, 15) is 19.2 Å². The van der Waals surface area contributed by atoms with Crippen LogP contribution in [0.15, 0.2) is 59.4 Å². The summed E-state index contributed by atoms with van der Waals surface area (Å²) in [6, 6.07) is 15.0. The van der Waals surface area contributed by atoms with E-state index in [4.69, 9.17) is 4.74 Å². The van der Waals surface area contributed by atoms with E-state index in [2.05, 4.69) is 5.32 Å². The Morgan fingerprint density at radius 1 is 1.00 bits per heavy atom. The third-order valence-electron chi connectivity index (χ3n) is 5.61. The minimum Gasteiger partial charge on any atom is -0.462 e. The lowest BCUT2D eigenvalue weighted by atomic mass is 9.92. The Hall–Kier alpha value is -4.00. The molecule has 0 radical (unpaired) electrons. The van der Waals surface area contributed by atoms with Gasteiger partial charge < -0.3 is 10.1 Å². The Labute approximate surface area is 191 Å². The fourth-order valence-corrected chi connectivity index (χ4v) is 3.92. The molecule has 0 fully saturated rings. The van der Waals surface area contributed by atoms with Crippen molar-refractivity contribution in [3.05, 3.63) is 92.9 Å². The molecular weight excluding hydrogens is 420 g/mol. The van der Waals surface area contributed by atoms with Gasteiger partial charge in [0.2, 0.25) is 0 Å². The van der Waals surface area contributed by atoms with Crippen molar-refractivity contribution in [2.75, 3.05) is 11.9 Å². The van der Waals surface area contributed by atoms with Gasteiger partial charge in [-0.05, 0) is 69.2 Å². The Morgan fingerprint density at radius 3 is 2.36 bits per heavy atom. The van der Waals surface area contributed by atoms with Gasteiger partial charge in [0, 0.05) is 29.1 Å². The molecule has 3 aromatic rings. The summed E-state index contributed by atoms with van der Waals surface area (Å²) in [4.78, 5) is 50.9. The summed E-state index contributed by atoms with van der Waals surface area (Å²) >= 11 is 0. The number of fused-ring (bicyclic) bond motifs is 1. The molecule has 0 atom stereocenters. The maximum Gasteiger partial charge on any atom is 0.338 e. The number of aromatic nitrogens is 1. The first-order chi connectivity index (χ1) is 15.9. The van der Waals surface area contributed by atoms with Gasteiger partial charge in [-0.15, -0.1) is 0 Å². The Bertz CT molecular complexity index is 1290. The molecule has 168 valence electrons. The summed E-state index contributed by atoms with van der Waals surface area (Å²) in [5.41, 5.74) is 2.88. The summed E-state index contributed by atoms with van der Waals surface area (Å²) in [6.07, 6.45) is 1.63. The summed E-state index contributed by atoms with van der Waals surface area (Å²) in [5, 5.41) is 2.69. The van der Waals surface area contributed by atoms with Crippen LogP contribution in [0.5, 0.6) is 0 Å². The molecule has 33 heavy (non-hydrogen) atoms. The minimum absolute atomic E-state index is 0.0787. The molecule has 0 saturated carbocycles. The molecule has 1 aliphatic carbocycles. The number of carbonyl (C=O) groups excluding carboxylic acids is 3. The number of esters is 1. The van der Waals surface area contributed by atoms with Gasteiger partial charge in [0.15, 0.2) is 5.78 Å². The molecule has 1 aromatic heterocycles. The van der Waals surface area contributed by atoms with E-state index in [1.54, 1.807) is 19.1 Å². The predicted molar refractivity (Wildman–Crippen MR) is 124 cm³/mol. The molecule has 2 aromatic carbocycles. The van der Waals surface area contributed by atoms with Crippen LogP contribution in [0.2, 0.25) is 0 Å². The van der Waals surface area contributed by atoms with Gasteiger partial charge in [-0.25, -0.2) is 4.79 Å². The molecule has 0 bridgehead atoms. The van der Waals surface area contributed by atoms with Crippen molar-refractivity contribution in [3.8, 4) is 5.69 Å². The van der Waals surface area contributed by atoms with Crippen LogP contribution in [0.4, 0.5) is 5.69 Å². The van der Waals surface area contributed by atoms with E-state index in [1.165, 1.54) is 22.8 Å². The zero-order valence-electron chi connectivity index (χ0n) is 18.5. The molecule has 4 rings (SSSR count). The molecule has 0 unspecified atom stereocenters. The highest BCUT2D eigenvalue weighted by atomic mass is 16.5. The molecule has 1 amide bonds. The largest absolute Gasteiger partial charge is 0.462 e. The SMILES string of the molecule is CCOC(=O)c1ccc(NC(=O)c2cc3c(n(-c4ccc(C)cc4)c2=O)CCCC3=O)cc1. The summed E-state index contributed by atoms with van der Waals surface area (Å²) in [7, 11) is 0. The smallest absolute Gasteiger partial charge is 0.338 e. The van der Waals surface area contributed by atoms with E-state index in [1.807, 2.05) is 31.2 Å². The maximum absolute atomic E-state index is 13.4. The Morgan fingerprint density at radius 2 is 1.70 bits per heavy atom. The van der Waals surface area contributed by atoms with Crippen LogP contribution >= 0.6 is 0 Å². The van der Waals surface area contributed by atoms with E-state index in [-0.39, 0.29) is 18.0 Å². The van der Waals surface area contributed by atoms with Gasteiger partial charge in [0.25, 0.3) is 11.5 Å². The number of Topliss-reactive ketones (excluding diaryl/α,β-unsaturated/α-hetero) is 1. The van der Waals surface area contributed by atoms with Gasteiger partial charge in [0.05, 0.1) is 12.2 Å². The van der Waals surface area contributed by atoms with Crippen LogP contribution in [0.25, 0.3) is 5.69 Å². The summed E-state index contributed by atoms with van der Waals surface area (Å²) < 4.78 is 6.43. The highest BCUT2D eigenvalue weighted by Crippen LogP contribution is 2.24. The van der Waals surface area contributed by atoms with Crippen LogP contribution in [-0.4, -0.2) is 28.8 Å². The number of rotatable bonds is 5. The molecule has 7 heteroatoms. The van der Waals surface area contributed by atoms with Crippen LogP contribution < -0.4 is 10.9 Å². The number of nitrogens with zero attached hydrogens (tertiary/aromatic N) is 1. The van der Waals surface area contributed by atoms with Crippen molar-refractivity contribution in [2.24, 2.45) is 0 Å². The van der Waals surface area contributed by atoms with Crippen LogP contribution in [0, 0.1) is 6.92 Å². The van der Waals surface area contributed by atoms with E-state index < -0.39 is 17.4 Å². The molecule has 1 N–H and O–H groups in total. The molecule has 1 heterocycles. The zero-order valence-corrected chi connectivity index (χ0v) is 18.5. The van der Waals surface area contributed by atoms with Crippen molar-refractivity contribution in [1.82, 2.24) is 4.57 Å². The first kappa shape index (κ1) is 22.2. The number of carbonyl (C=O) groups is 3. The van der Waals surface area contributed by atoms with E-state index >= 15 is 0 Å². The molecular formula is C26H24N2O5. The third kappa shape index (κ3) is 4.48. The van der Waals surface area contributed by atoms with Crippen LogP contribution in [-0.2, 0) is 11.2 Å². The Balaban J connectivity index is 1.72. The normalized spacial score (nSPS) is 12.7. The second-order valence-electron chi connectivity index (χ2n) is 7.92. The summed E-state index contributed by atoms with van der Waals surface area (Å²) in [6.45, 7) is 3.93. The van der Waals surface area contributed by atoms with Crippen LogP contribution in [0.3, 0.4) is 0 Å². The van der Waals surface area contributed by atoms with Crippen molar-refractivity contribution in [2.45, 2.75) is 33.1 Å². The maximum atomic E-state index is 13.4. The highest BCUT2D eigenvalue weighted by Gasteiger charge is 2.26. The zero-order chi connectivity index (χ0) is 23.5. The van der Waals surface area contributed by atoms with E-state index in [0.29, 0.717) is 47.5 Å². The average Bonchev–Trinajstić information content (AvgIpc) is 2.80. The molecule has 7 nitrogen and oxygen atoms in total. The second kappa shape index (κ2) is 9.24.